The molecular weight excluding hydrogens is 336 g/mol. The third-order valence-electron chi connectivity index (χ3n) is 4.24. The third-order valence-corrected chi connectivity index (χ3v) is 4.24. The fourth-order valence-electron chi connectivity index (χ4n) is 3.10. The molecule has 0 atom stereocenters. The molecule has 1 amide bonds. The van der Waals surface area contributed by atoms with Crippen molar-refractivity contribution in [3.63, 3.8) is 0 Å². The molecule has 0 saturated carbocycles. The molecule has 134 valence electrons. The van der Waals surface area contributed by atoms with Gasteiger partial charge in [-0.3, -0.25) is 4.90 Å². The van der Waals surface area contributed by atoms with E-state index in [4.69, 9.17) is 13.9 Å². The minimum absolute atomic E-state index is 0.298. The molecule has 0 bridgehead atoms. The van der Waals surface area contributed by atoms with Gasteiger partial charge in [0.25, 0.3) is 0 Å². The van der Waals surface area contributed by atoms with Crippen LogP contribution in [-0.4, -0.2) is 41.4 Å². The smallest absolute Gasteiger partial charge is 0.419 e. The first-order valence-corrected chi connectivity index (χ1v) is 8.48. The van der Waals surface area contributed by atoms with Crippen LogP contribution >= 0.6 is 0 Å². The van der Waals surface area contributed by atoms with E-state index in [9.17, 15) is 9.59 Å². The molecule has 0 aliphatic carbocycles. The second kappa shape index (κ2) is 6.59. The van der Waals surface area contributed by atoms with Gasteiger partial charge in [-0.15, -0.1) is 0 Å². The van der Waals surface area contributed by atoms with Crippen LogP contribution in [-0.2, 0) is 15.9 Å². The SMILES string of the molecule is CCOC(=O)n1c2ccccc2c2oc(C/C=C/N3CCOC3=O)cc21. The Morgan fingerprint density at radius 3 is 2.92 bits per heavy atom. The van der Waals surface area contributed by atoms with Crippen molar-refractivity contribution in [2.24, 2.45) is 0 Å². The number of hydrogen-bond acceptors (Lipinski definition) is 5. The standard InChI is InChI=1S/C19H18N2O5/c1-2-24-19(23)21-15-8-4-3-7-14(15)17-16(21)12-13(26-17)6-5-9-20-10-11-25-18(20)22/h3-5,7-9,12H,2,6,10-11H2,1H3/b9-5+. The van der Waals surface area contributed by atoms with Crippen molar-refractivity contribution in [3.05, 3.63) is 48.4 Å². The normalized spacial score (nSPS) is 14.7. The molecule has 4 rings (SSSR count). The maximum Gasteiger partial charge on any atom is 0.419 e. The van der Waals surface area contributed by atoms with Crippen LogP contribution in [0.3, 0.4) is 0 Å². The second-order valence-corrected chi connectivity index (χ2v) is 5.88. The highest BCUT2D eigenvalue weighted by Crippen LogP contribution is 2.32. The van der Waals surface area contributed by atoms with Gasteiger partial charge in [0.2, 0.25) is 0 Å². The minimum atomic E-state index is -0.429. The molecule has 7 heteroatoms. The van der Waals surface area contributed by atoms with Gasteiger partial charge in [-0.1, -0.05) is 18.2 Å². The van der Waals surface area contributed by atoms with E-state index in [0.29, 0.717) is 43.0 Å². The largest absolute Gasteiger partial charge is 0.458 e. The number of benzene rings is 1. The number of ether oxygens (including phenoxy) is 2. The molecule has 1 fully saturated rings. The number of carbonyl (C=O) groups excluding carboxylic acids is 2. The lowest BCUT2D eigenvalue weighted by Crippen LogP contribution is -2.16. The highest BCUT2D eigenvalue weighted by molar-refractivity contribution is 6.10. The summed E-state index contributed by atoms with van der Waals surface area (Å²) >= 11 is 0. The minimum Gasteiger partial charge on any atom is -0.458 e. The number of allylic oxidation sites excluding steroid dienone is 1. The first-order chi connectivity index (χ1) is 12.7. The van der Waals surface area contributed by atoms with E-state index in [0.717, 1.165) is 10.9 Å². The van der Waals surface area contributed by atoms with Gasteiger partial charge in [0.15, 0.2) is 5.58 Å². The van der Waals surface area contributed by atoms with Gasteiger partial charge in [0.05, 0.1) is 24.2 Å². The molecule has 7 nitrogen and oxygen atoms in total. The zero-order valence-corrected chi connectivity index (χ0v) is 14.3. The number of nitrogens with zero attached hydrogens (tertiary/aromatic N) is 2. The maximum atomic E-state index is 12.4. The second-order valence-electron chi connectivity index (χ2n) is 5.88. The lowest BCUT2D eigenvalue weighted by Gasteiger charge is -2.04. The Morgan fingerprint density at radius 2 is 2.15 bits per heavy atom. The molecule has 0 radical (unpaired) electrons. The summed E-state index contributed by atoms with van der Waals surface area (Å²) in [5.74, 6) is 0.697. The van der Waals surface area contributed by atoms with Crippen molar-refractivity contribution in [2.75, 3.05) is 19.8 Å². The van der Waals surface area contributed by atoms with Crippen LogP contribution in [0.1, 0.15) is 12.7 Å². The van der Waals surface area contributed by atoms with E-state index in [-0.39, 0.29) is 6.09 Å². The summed E-state index contributed by atoms with van der Waals surface area (Å²) in [6.07, 6.45) is 3.25. The molecule has 26 heavy (non-hydrogen) atoms. The summed E-state index contributed by atoms with van der Waals surface area (Å²) in [5.41, 5.74) is 2.08. The van der Waals surface area contributed by atoms with Gasteiger partial charge in [0.1, 0.15) is 12.4 Å². The van der Waals surface area contributed by atoms with E-state index < -0.39 is 6.09 Å². The maximum absolute atomic E-state index is 12.4. The van der Waals surface area contributed by atoms with Crippen LogP contribution < -0.4 is 0 Å². The average molecular weight is 354 g/mol. The molecular formula is C19H18N2O5. The number of carbonyl (C=O) groups is 2. The highest BCUT2D eigenvalue weighted by atomic mass is 16.6. The Kier molecular flexibility index (Phi) is 4.12. The predicted molar refractivity (Wildman–Crippen MR) is 95.0 cm³/mol. The fraction of sp³-hybridized carbons (Fsp3) is 0.263. The van der Waals surface area contributed by atoms with E-state index in [1.54, 1.807) is 13.1 Å². The van der Waals surface area contributed by atoms with Crippen molar-refractivity contribution in [1.82, 2.24) is 9.47 Å². The zero-order chi connectivity index (χ0) is 18.1. The van der Waals surface area contributed by atoms with Gasteiger partial charge in [-0.05, 0) is 19.1 Å². The van der Waals surface area contributed by atoms with Crippen LogP contribution in [0.25, 0.3) is 22.0 Å². The summed E-state index contributed by atoms with van der Waals surface area (Å²) < 4.78 is 17.6. The lowest BCUT2D eigenvalue weighted by molar-refractivity contribution is 0.156. The summed E-state index contributed by atoms with van der Waals surface area (Å²) in [7, 11) is 0. The number of furan rings is 1. The average Bonchev–Trinajstić information content (AvgIpc) is 3.29. The third kappa shape index (κ3) is 2.71. The monoisotopic (exact) mass is 354 g/mol. The van der Waals surface area contributed by atoms with E-state index in [1.165, 1.54) is 9.47 Å². The number of hydrogen-bond donors (Lipinski definition) is 0. The number of rotatable bonds is 4. The van der Waals surface area contributed by atoms with Crippen LogP contribution in [0.4, 0.5) is 9.59 Å². The Balaban J connectivity index is 1.68. The molecule has 1 aliphatic rings. The van der Waals surface area contributed by atoms with Crippen molar-refractivity contribution in [3.8, 4) is 0 Å². The van der Waals surface area contributed by atoms with Gasteiger partial charge >= 0.3 is 12.2 Å². The molecule has 3 heterocycles. The van der Waals surface area contributed by atoms with Crippen LogP contribution in [0.2, 0.25) is 0 Å². The number of cyclic esters (lactones) is 1. The van der Waals surface area contributed by atoms with Crippen molar-refractivity contribution in [2.45, 2.75) is 13.3 Å². The van der Waals surface area contributed by atoms with Gasteiger partial charge in [-0.2, -0.15) is 0 Å². The van der Waals surface area contributed by atoms with E-state index in [1.807, 2.05) is 36.4 Å². The Hall–Kier alpha value is -3.22. The van der Waals surface area contributed by atoms with Crippen LogP contribution in [0, 0.1) is 0 Å². The Labute approximate surface area is 149 Å². The van der Waals surface area contributed by atoms with Gasteiger partial charge in [0, 0.05) is 24.1 Å². The van der Waals surface area contributed by atoms with E-state index in [2.05, 4.69) is 0 Å². The van der Waals surface area contributed by atoms with Crippen molar-refractivity contribution >= 4 is 34.2 Å². The fourth-order valence-corrected chi connectivity index (χ4v) is 3.10. The summed E-state index contributed by atoms with van der Waals surface area (Å²) in [6, 6.07) is 9.38. The lowest BCUT2D eigenvalue weighted by atomic mass is 10.2. The van der Waals surface area contributed by atoms with Crippen LogP contribution in [0.15, 0.2) is 47.0 Å². The zero-order valence-electron chi connectivity index (χ0n) is 14.3. The number of fused-ring (bicyclic) bond motifs is 3. The predicted octanol–water partition coefficient (Wildman–Crippen LogP) is 3.90. The molecule has 2 aromatic heterocycles. The molecule has 1 aliphatic heterocycles. The first-order valence-electron chi connectivity index (χ1n) is 8.48. The summed E-state index contributed by atoms with van der Waals surface area (Å²) in [6.45, 7) is 3.03. The quantitative estimate of drug-likeness (QED) is 0.710. The van der Waals surface area contributed by atoms with Gasteiger partial charge in [-0.25, -0.2) is 14.2 Å². The molecule has 0 N–H and O–H groups in total. The van der Waals surface area contributed by atoms with Crippen molar-refractivity contribution < 1.29 is 23.5 Å². The summed E-state index contributed by atoms with van der Waals surface area (Å²) in [4.78, 5) is 25.3. The molecule has 0 spiro atoms. The van der Waals surface area contributed by atoms with Gasteiger partial charge < -0.3 is 13.9 Å². The van der Waals surface area contributed by atoms with E-state index >= 15 is 0 Å². The molecule has 0 unspecified atom stereocenters. The molecule has 1 aromatic carbocycles. The number of para-hydroxylation sites is 1. The highest BCUT2D eigenvalue weighted by Gasteiger charge is 2.21. The van der Waals surface area contributed by atoms with Crippen LogP contribution in [0.5, 0.6) is 0 Å². The Bertz CT molecular complexity index is 1010. The van der Waals surface area contributed by atoms with Crippen molar-refractivity contribution in [1.29, 1.82) is 0 Å². The summed E-state index contributed by atoms with van der Waals surface area (Å²) in [5, 5.41) is 0.855. The first kappa shape index (κ1) is 16.3. The molecule has 1 saturated heterocycles. The number of aromatic nitrogens is 1. The molecule has 3 aromatic rings. The Morgan fingerprint density at radius 1 is 1.31 bits per heavy atom. The topological polar surface area (TPSA) is 73.9 Å². The number of amides is 1.